The third-order valence-electron chi connectivity index (χ3n) is 4.64. The van der Waals surface area contributed by atoms with Crippen molar-refractivity contribution in [3.05, 3.63) is 11.6 Å². The van der Waals surface area contributed by atoms with Gasteiger partial charge in [-0.3, -0.25) is 4.79 Å². The van der Waals surface area contributed by atoms with Crippen LogP contribution in [0, 0.1) is 16.7 Å². The van der Waals surface area contributed by atoms with E-state index in [9.17, 15) is 10.0 Å². The number of amides is 1. The maximum absolute atomic E-state index is 12.4. The molecular weight excluding hydrogens is 252 g/mol. The van der Waals surface area contributed by atoms with Gasteiger partial charge in [-0.2, -0.15) is 0 Å². The monoisotopic (exact) mass is 282 g/mol. The average molecular weight is 282 g/mol. The summed E-state index contributed by atoms with van der Waals surface area (Å²) < 4.78 is 0. The Balaban J connectivity index is 2.77. The second-order valence-corrected chi connectivity index (χ2v) is 7.50. The molecule has 0 atom stereocenters. The summed E-state index contributed by atoms with van der Waals surface area (Å²) >= 11 is 0. The van der Waals surface area contributed by atoms with E-state index in [1.807, 2.05) is 19.9 Å². The standard InChI is InChI=1S/C16H30N2O2/c1-7-11(2)10-17-13(19)12-8-15(3,4)14(18-20)16(5,6)9-12/h7,12,14,18,20H,8-10H2,1-6H3,(H,17,19)/b11-7-. The molecule has 0 bridgehead atoms. The van der Waals surface area contributed by atoms with Crippen molar-refractivity contribution in [2.45, 2.75) is 60.4 Å². The third kappa shape index (κ3) is 3.83. The second kappa shape index (κ2) is 6.27. The predicted molar refractivity (Wildman–Crippen MR) is 81.4 cm³/mol. The van der Waals surface area contributed by atoms with Gasteiger partial charge >= 0.3 is 0 Å². The Bertz CT molecular complexity index is 368. The van der Waals surface area contributed by atoms with E-state index in [4.69, 9.17) is 0 Å². The first kappa shape index (κ1) is 17.2. The number of hydrogen-bond donors (Lipinski definition) is 3. The molecular formula is C16H30N2O2. The van der Waals surface area contributed by atoms with Crippen LogP contribution in [0.3, 0.4) is 0 Å². The topological polar surface area (TPSA) is 61.4 Å². The molecule has 1 aliphatic carbocycles. The van der Waals surface area contributed by atoms with Gasteiger partial charge in [0.1, 0.15) is 0 Å². The van der Waals surface area contributed by atoms with Gasteiger partial charge in [0.25, 0.3) is 0 Å². The molecule has 0 unspecified atom stereocenters. The lowest BCUT2D eigenvalue weighted by Crippen LogP contribution is -2.57. The van der Waals surface area contributed by atoms with Crippen molar-refractivity contribution in [3.8, 4) is 0 Å². The summed E-state index contributed by atoms with van der Waals surface area (Å²) in [6.07, 6.45) is 3.59. The van der Waals surface area contributed by atoms with Crippen LogP contribution >= 0.6 is 0 Å². The fraction of sp³-hybridized carbons (Fsp3) is 0.812. The highest BCUT2D eigenvalue weighted by atomic mass is 16.5. The molecule has 1 rings (SSSR count). The van der Waals surface area contributed by atoms with Crippen molar-refractivity contribution in [2.24, 2.45) is 16.7 Å². The largest absolute Gasteiger partial charge is 0.352 e. The second-order valence-electron chi connectivity index (χ2n) is 7.50. The summed E-state index contributed by atoms with van der Waals surface area (Å²) in [6, 6.07) is -0.00340. The lowest BCUT2D eigenvalue weighted by atomic mass is 9.58. The number of hydroxylamine groups is 1. The van der Waals surface area contributed by atoms with Crippen molar-refractivity contribution < 1.29 is 10.0 Å². The molecule has 116 valence electrons. The SMILES string of the molecule is C/C=C(/C)CNC(=O)C1CC(C)(C)C(NO)C(C)(C)C1. The molecule has 1 aliphatic rings. The fourth-order valence-corrected chi connectivity index (χ4v) is 3.64. The molecule has 3 N–H and O–H groups in total. The molecule has 0 aliphatic heterocycles. The Labute approximate surface area is 123 Å². The van der Waals surface area contributed by atoms with Crippen molar-refractivity contribution in [2.75, 3.05) is 6.54 Å². The van der Waals surface area contributed by atoms with Crippen molar-refractivity contribution >= 4 is 5.91 Å². The molecule has 0 radical (unpaired) electrons. The van der Waals surface area contributed by atoms with Gasteiger partial charge in [0.2, 0.25) is 5.91 Å². The van der Waals surface area contributed by atoms with Crippen LogP contribution in [-0.4, -0.2) is 23.7 Å². The van der Waals surface area contributed by atoms with E-state index in [-0.39, 0.29) is 28.7 Å². The van der Waals surface area contributed by atoms with Crippen molar-refractivity contribution in [3.63, 3.8) is 0 Å². The highest BCUT2D eigenvalue weighted by Gasteiger charge is 2.49. The first-order chi connectivity index (χ1) is 9.14. The third-order valence-corrected chi connectivity index (χ3v) is 4.64. The van der Waals surface area contributed by atoms with Crippen molar-refractivity contribution in [1.82, 2.24) is 10.8 Å². The van der Waals surface area contributed by atoms with Gasteiger partial charge in [-0.1, -0.05) is 39.3 Å². The zero-order valence-corrected chi connectivity index (χ0v) is 13.7. The van der Waals surface area contributed by atoms with Gasteiger partial charge in [0.05, 0.1) is 0 Å². The average Bonchev–Trinajstić information content (AvgIpc) is 2.32. The van der Waals surface area contributed by atoms with E-state index in [2.05, 4.69) is 38.5 Å². The van der Waals surface area contributed by atoms with E-state index in [1.54, 1.807) is 0 Å². The Morgan fingerprint density at radius 3 is 2.15 bits per heavy atom. The molecule has 0 spiro atoms. The fourth-order valence-electron chi connectivity index (χ4n) is 3.64. The summed E-state index contributed by atoms with van der Waals surface area (Å²) in [7, 11) is 0. The zero-order valence-electron chi connectivity index (χ0n) is 13.7. The van der Waals surface area contributed by atoms with Crippen LogP contribution in [-0.2, 0) is 4.79 Å². The molecule has 0 aromatic carbocycles. The minimum absolute atomic E-state index is 0.00340. The molecule has 0 aromatic heterocycles. The van der Waals surface area contributed by atoms with Crippen LogP contribution in [0.1, 0.15) is 54.4 Å². The van der Waals surface area contributed by atoms with Crippen LogP contribution in [0.15, 0.2) is 11.6 Å². The van der Waals surface area contributed by atoms with E-state index < -0.39 is 0 Å². The molecule has 4 nitrogen and oxygen atoms in total. The minimum atomic E-state index is -0.117. The lowest BCUT2D eigenvalue weighted by molar-refractivity contribution is -0.132. The van der Waals surface area contributed by atoms with Gasteiger partial charge in [0, 0.05) is 18.5 Å². The number of allylic oxidation sites excluding steroid dienone is 1. The summed E-state index contributed by atoms with van der Waals surface area (Å²) in [5, 5.41) is 12.5. The summed E-state index contributed by atoms with van der Waals surface area (Å²) in [4.78, 5) is 12.4. The van der Waals surface area contributed by atoms with Crippen LogP contribution in [0.5, 0.6) is 0 Å². The summed E-state index contributed by atoms with van der Waals surface area (Å²) in [5.74, 6) is 0.137. The predicted octanol–water partition coefficient (Wildman–Crippen LogP) is 2.88. The highest BCUT2D eigenvalue weighted by molar-refractivity contribution is 5.79. The quantitative estimate of drug-likeness (QED) is 0.549. The number of carbonyl (C=O) groups excluding carboxylic acids is 1. The molecule has 4 heteroatoms. The smallest absolute Gasteiger partial charge is 0.223 e. The lowest BCUT2D eigenvalue weighted by Gasteiger charge is -2.50. The Morgan fingerprint density at radius 2 is 1.75 bits per heavy atom. The minimum Gasteiger partial charge on any atom is -0.352 e. The molecule has 1 amide bonds. The Morgan fingerprint density at radius 1 is 1.25 bits per heavy atom. The molecule has 1 saturated carbocycles. The summed E-state index contributed by atoms with van der Waals surface area (Å²) in [5.41, 5.74) is 3.40. The van der Waals surface area contributed by atoms with Gasteiger partial charge < -0.3 is 10.5 Å². The molecule has 0 aromatic rings. The van der Waals surface area contributed by atoms with E-state index >= 15 is 0 Å². The first-order valence-corrected chi connectivity index (χ1v) is 7.43. The van der Waals surface area contributed by atoms with E-state index in [1.165, 1.54) is 5.57 Å². The number of carbonyl (C=O) groups is 1. The number of hydrogen-bond acceptors (Lipinski definition) is 3. The van der Waals surface area contributed by atoms with Gasteiger partial charge in [-0.25, -0.2) is 5.48 Å². The van der Waals surface area contributed by atoms with Crippen molar-refractivity contribution in [1.29, 1.82) is 0 Å². The molecule has 20 heavy (non-hydrogen) atoms. The molecule has 0 saturated heterocycles. The van der Waals surface area contributed by atoms with Crippen LogP contribution < -0.4 is 10.8 Å². The van der Waals surface area contributed by atoms with Crippen LogP contribution in [0.25, 0.3) is 0 Å². The summed E-state index contributed by atoms with van der Waals surface area (Å²) in [6.45, 7) is 13.1. The normalized spacial score (nSPS) is 29.1. The van der Waals surface area contributed by atoms with Crippen LogP contribution in [0.2, 0.25) is 0 Å². The number of rotatable bonds is 4. The first-order valence-electron chi connectivity index (χ1n) is 7.43. The van der Waals surface area contributed by atoms with E-state index in [0.717, 1.165) is 12.8 Å². The van der Waals surface area contributed by atoms with Crippen LogP contribution in [0.4, 0.5) is 0 Å². The van der Waals surface area contributed by atoms with Gasteiger partial charge in [-0.15, -0.1) is 0 Å². The van der Waals surface area contributed by atoms with Gasteiger partial charge in [0.15, 0.2) is 0 Å². The van der Waals surface area contributed by atoms with E-state index in [0.29, 0.717) is 6.54 Å². The Hall–Kier alpha value is -0.870. The zero-order chi connectivity index (χ0) is 15.6. The maximum atomic E-state index is 12.4. The highest BCUT2D eigenvalue weighted by Crippen LogP contribution is 2.48. The Kier molecular flexibility index (Phi) is 5.39. The number of nitrogens with one attached hydrogen (secondary N) is 2. The van der Waals surface area contributed by atoms with Gasteiger partial charge in [-0.05, 0) is 37.5 Å². The molecule has 1 fully saturated rings. The maximum Gasteiger partial charge on any atom is 0.223 e. The molecule has 0 heterocycles.